The lowest BCUT2D eigenvalue weighted by Gasteiger charge is -2.20. The number of rotatable bonds is 40. The van der Waals surface area contributed by atoms with E-state index in [1.807, 2.05) is 12.2 Å². The highest BCUT2D eigenvalue weighted by Crippen LogP contribution is 2.44. The van der Waals surface area contributed by atoms with E-state index in [1.165, 1.54) is 77.0 Å². The monoisotopic (exact) mass is 866 g/mol. The van der Waals surface area contributed by atoms with Gasteiger partial charge in [-0.3, -0.25) is 23.2 Å². The van der Waals surface area contributed by atoms with Gasteiger partial charge in [0, 0.05) is 12.8 Å². The normalized spacial score (nSPS) is 17.9. The highest BCUT2D eigenvalue weighted by molar-refractivity contribution is 7.47. The molecule has 1 heterocycles. The van der Waals surface area contributed by atoms with Crippen molar-refractivity contribution in [3.63, 3.8) is 0 Å². The van der Waals surface area contributed by atoms with Crippen molar-refractivity contribution in [1.82, 2.24) is 0 Å². The van der Waals surface area contributed by atoms with Crippen LogP contribution in [0.2, 0.25) is 0 Å². The largest absolute Gasteiger partial charge is 0.472 e. The molecule has 4 N–H and O–H groups in total. The molecule has 3 unspecified atom stereocenters. The van der Waals surface area contributed by atoms with Crippen molar-refractivity contribution in [2.75, 3.05) is 26.4 Å². The molecule has 338 valence electrons. The molecule has 0 radical (unpaired) electrons. The van der Waals surface area contributed by atoms with Crippen LogP contribution >= 0.6 is 15.6 Å². The molecule has 58 heavy (non-hydrogen) atoms. The van der Waals surface area contributed by atoms with Gasteiger partial charge in [-0.15, -0.1) is 0 Å². The summed E-state index contributed by atoms with van der Waals surface area (Å²) in [5.41, 5.74) is 0. The summed E-state index contributed by atoms with van der Waals surface area (Å²) < 4.78 is 53.4. The van der Waals surface area contributed by atoms with Crippen molar-refractivity contribution in [3.8, 4) is 0 Å². The van der Waals surface area contributed by atoms with Gasteiger partial charge >= 0.3 is 27.6 Å². The smallest absolute Gasteiger partial charge is 0.462 e. The molecule has 0 saturated carbocycles. The fourth-order valence-corrected chi connectivity index (χ4v) is 7.13. The van der Waals surface area contributed by atoms with E-state index in [9.17, 15) is 28.7 Å². The lowest BCUT2D eigenvalue weighted by molar-refractivity contribution is -0.161. The second-order valence-electron chi connectivity index (χ2n) is 15.0. The molecular weight excluding hydrogens is 790 g/mol. The first-order chi connectivity index (χ1) is 27.8. The highest BCUT2D eigenvalue weighted by atomic mass is 31.2. The molecule has 5 atom stereocenters. The van der Waals surface area contributed by atoms with Gasteiger partial charge in [0.05, 0.1) is 32.0 Å². The van der Waals surface area contributed by atoms with E-state index < -0.39 is 66.2 Å². The molecule has 1 aliphatic rings. The summed E-state index contributed by atoms with van der Waals surface area (Å²) in [6.45, 7) is 1.66. The number of phosphoric acid groups is 2. The summed E-state index contributed by atoms with van der Waals surface area (Å²) in [6, 6.07) is 0. The van der Waals surface area contributed by atoms with Crippen LogP contribution in [-0.4, -0.2) is 82.6 Å². The Balaban J connectivity index is 2.40. The molecule has 0 aliphatic carbocycles. The third kappa shape index (κ3) is 35.1. The van der Waals surface area contributed by atoms with Gasteiger partial charge in [-0.05, 0) is 51.4 Å². The molecule has 14 nitrogen and oxygen atoms in total. The number of allylic oxidation sites excluding steroid dienone is 4. The minimum absolute atomic E-state index is 0.0517. The average molecular weight is 867 g/mol. The van der Waals surface area contributed by atoms with Crippen molar-refractivity contribution in [3.05, 3.63) is 36.5 Å². The van der Waals surface area contributed by atoms with Gasteiger partial charge in [-0.25, -0.2) is 9.13 Å². The Hall–Kier alpha value is -1.70. The van der Waals surface area contributed by atoms with Crippen molar-refractivity contribution < 1.29 is 66.3 Å². The summed E-state index contributed by atoms with van der Waals surface area (Å²) >= 11 is 0. The van der Waals surface area contributed by atoms with Gasteiger partial charge in [-0.2, -0.15) is 0 Å². The minimum atomic E-state index is -4.87. The molecule has 16 heteroatoms. The number of carbonyl (C=O) groups excluding carboxylic acids is 2. The first-order valence-corrected chi connectivity index (χ1v) is 24.8. The fourth-order valence-electron chi connectivity index (χ4n) is 5.97. The van der Waals surface area contributed by atoms with Crippen LogP contribution in [0.3, 0.4) is 0 Å². The Kier molecular flexibility index (Phi) is 32.7. The van der Waals surface area contributed by atoms with Crippen LogP contribution in [0.4, 0.5) is 0 Å². The summed E-state index contributed by atoms with van der Waals surface area (Å²) in [5.74, 6) is -1.10. The first-order valence-electron chi connectivity index (χ1n) is 21.8. The standard InChI is InChI=1S/C42H76O14P2/c1-3-5-7-9-11-12-13-14-15-16-19-23-27-31-41(44)51-35-38(36-54-58(49,50)53-34-37(43)33-52-57(46,47)48)55-42(45)32-28-24-20-17-18-22-26-30-40-39(56-40)29-25-21-10-8-6-4-2/h17,20-22,25-26,37-40,43H,3-16,18-19,23-24,27-36H2,1-2H3,(H,49,50)(H2,46,47,48)/b20-17-,25-21-,26-22-/t37-,38+,39?,40?/m0/s1. The highest BCUT2D eigenvalue weighted by Gasteiger charge is 2.36. The predicted molar refractivity (Wildman–Crippen MR) is 225 cm³/mol. The molecule has 0 amide bonds. The number of ether oxygens (including phenoxy) is 3. The average Bonchev–Trinajstić information content (AvgIpc) is 3.94. The molecule has 1 aliphatic heterocycles. The third-order valence-electron chi connectivity index (χ3n) is 9.42. The maximum atomic E-state index is 12.7. The zero-order valence-corrected chi connectivity index (χ0v) is 37.1. The maximum Gasteiger partial charge on any atom is 0.472 e. The van der Waals surface area contributed by atoms with E-state index in [1.54, 1.807) is 0 Å². The Morgan fingerprint density at radius 1 is 0.586 bits per heavy atom. The SMILES string of the molecule is CCCCC/C=C\CC1OC1C/C=C\C/C=C\CCCC(=O)O[C@H](COC(=O)CCCCCCCCCCCCCCC)COP(=O)(O)OC[C@@H](O)COP(=O)(O)O. The van der Waals surface area contributed by atoms with Crippen molar-refractivity contribution in [2.45, 2.75) is 192 Å². The Bertz CT molecular complexity index is 1240. The number of hydrogen-bond donors (Lipinski definition) is 4. The van der Waals surface area contributed by atoms with Crippen LogP contribution in [0, 0.1) is 0 Å². The minimum Gasteiger partial charge on any atom is -0.462 e. The van der Waals surface area contributed by atoms with Crippen LogP contribution in [0.15, 0.2) is 36.5 Å². The Labute approximate surface area is 348 Å². The molecule has 0 aromatic heterocycles. The zero-order valence-electron chi connectivity index (χ0n) is 35.3. The fraction of sp³-hybridized carbons (Fsp3) is 0.810. The van der Waals surface area contributed by atoms with E-state index in [0.717, 1.165) is 44.9 Å². The summed E-state index contributed by atoms with van der Waals surface area (Å²) in [4.78, 5) is 52.7. The number of unbranched alkanes of at least 4 members (excludes halogenated alkanes) is 16. The summed E-state index contributed by atoms with van der Waals surface area (Å²) in [7, 11) is -9.69. The predicted octanol–water partition coefficient (Wildman–Crippen LogP) is 9.88. The van der Waals surface area contributed by atoms with E-state index in [4.69, 9.17) is 28.5 Å². The molecule has 0 aromatic rings. The first kappa shape index (κ1) is 54.3. The molecule has 1 rings (SSSR count). The topological polar surface area (TPSA) is 208 Å². The molecular formula is C42H76O14P2. The summed E-state index contributed by atoms with van der Waals surface area (Å²) in [6.07, 6.45) is 34.6. The molecule has 0 aromatic carbocycles. The van der Waals surface area contributed by atoms with Crippen LogP contribution in [-0.2, 0) is 46.5 Å². The second-order valence-corrected chi connectivity index (χ2v) is 17.7. The third-order valence-corrected chi connectivity index (χ3v) is 10.9. The Morgan fingerprint density at radius 2 is 1.07 bits per heavy atom. The number of esters is 2. The number of aliphatic hydroxyl groups excluding tert-OH is 1. The lowest BCUT2D eigenvalue weighted by Crippen LogP contribution is -2.29. The number of epoxide rings is 1. The number of aliphatic hydroxyl groups is 1. The van der Waals surface area contributed by atoms with Crippen molar-refractivity contribution in [1.29, 1.82) is 0 Å². The van der Waals surface area contributed by atoms with E-state index in [2.05, 4.69) is 47.2 Å². The van der Waals surface area contributed by atoms with Crippen LogP contribution < -0.4 is 0 Å². The van der Waals surface area contributed by atoms with Gasteiger partial charge in [0.1, 0.15) is 12.7 Å². The van der Waals surface area contributed by atoms with E-state index in [-0.39, 0.29) is 12.8 Å². The van der Waals surface area contributed by atoms with E-state index >= 15 is 0 Å². The van der Waals surface area contributed by atoms with Gasteiger partial charge in [0.25, 0.3) is 0 Å². The zero-order chi connectivity index (χ0) is 42.7. The lowest BCUT2D eigenvalue weighted by atomic mass is 10.0. The van der Waals surface area contributed by atoms with Crippen molar-refractivity contribution >= 4 is 27.6 Å². The molecule has 1 fully saturated rings. The quantitative estimate of drug-likeness (QED) is 0.0149. The van der Waals surface area contributed by atoms with E-state index in [0.29, 0.717) is 31.5 Å². The number of hydrogen-bond acceptors (Lipinski definition) is 11. The maximum absolute atomic E-state index is 12.7. The van der Waals surface area contributed by atoms with Gasteiger partial charge in [0.2, 0.25) is 0 Å². The van der Waals surface area contributed by atoms with Crippen LogP contribution in [0.25, 0.3) is 0 Å². The van der Waals surface area contributed by atoms with Gasteiger partial charge in [-0.1, -0.05) is 140 Å². The van der Waals surface area contributed by atoms with Gasteiger partial charge < -0.3 is 34.0 Å². The summed E-state index contributed by atoms with van der Waals surface area (Å²) in [5, 5.41) is 9.74. The van der Waals surface area contributed by atoms with Crippen LogP contribution in [0.1, 0.15) is 168 Å². The molecule has 0 bridgehead atoms. The number of carbonyl (C=O) groups is 2. The number of phosphoric ester groups is 2. The van der Waals surface area contributed by atoms with Gasteiger partial charge in [0.15, 0.2) is 6.10 Å². The molecule has 0 spiro atoms. The molecule has 1 saturated heterocycles. The Morgan fingerprint density at radius 3 is 1.69 bits per heavy atom. The van der Waals surface area contributed by atoms with Crippen molar-refractivity contribution in [2.24, 2.45) is 0 Å². The second kappa shape index (κ2) is 35.0. The van der Waals surface area contributed by atoms with Crippen LogP contribution in [0.5, 0.6) is 0 Å².